The second kappa shape index (κ2) is 10.8. The third-order valence-corrected chi connectivity index (χ3v) is 7.38. The fourth-order valence-electron chi connectivity index (χ4n) is 3.36. The van der Waals surface area contributed by atoms with Crippen molar-refractivity contribution in [2.45, 2.75) is 37.2 Å². The topological polar surface area (TPSA) is 116 Å². The van der Waals surface area contributed by atoms with E-state index in [9.17, 15) is 18.0 Å². The fourth-order valence-corrected chi connectivity index (χ4v) is 5.38. The Morgan fingerprint density at radius 3 is 2.44 bits per heavy atom. The van der Waals surface area contributed by atoms with Crippen LogP contribution >= 0.6 is 11.6 Å². The molecule has 0 bridgehead atoms. The molecule has 1 aliphatic heterocycles. The van der Waals surface area contributed by atoms with Crippen LogP contribution < -0.4 is 10.5 Å². The molecular weight excluding hydrogens is 456 g/mol. The number of hydrogen-bond donors (Lipinski definition) is 1. The zero-order valence-corrected chi connectivity index (χ0v) is 19.0. The highest BCUT2D eigenvalue weighted by Gasteiger charge is 2.28. The van der Waals surface area contributed by atoms with Gasteiger partial charge in [0.15, 0.2) is 6.61 Å². The normalized spacial score (nSPS) is 15.0. The van der Waals surface area contributed by atoms with Crippen molar-refractivity contribution in [2.24, 2.45) is 5.73 Å². The SMILES string of the molecule is NC(=O)COc1cccc(COC(=O)c2ccc(Cl)c(S(=O)(=O)N3CCCCCC3)c2)c1. The number of hydrogen-bond acceptors (Lipinski definition) is 6. The first-order valence-corrected chi connectivity index (χ1v) is 12.1. The van der Waals surface area contributed by atoms with Crippen molar-refractivity contribution >= 4 is 33.5 Å². The van der Waals surface area contributed by atoms with E-state index in [0.29, 0.717) is 24.4 Å². The Morgan fingerprint density at radius 2 is 1.75 bits per heavy atom. The number of rotatable bonds is 8. The van der Waals surface area contributed by atoms with Crippen LogP contribution in [0.4, 0.5) is 0 Å². The maximum atomic E-state index is 13.1. The van der Waals surface area contributed by atoms with Crippen LogP contribution in [0.3, 0.4) is 0 Å². The third-order valence-electron chi connectivity index (χ3n) is 5.00. The van der Waals surface area contributed by atoms with Gasteiger partial charge in [-0.2, -0.15) is 4.31 Å². The highest BCUT2D eigenvalue weighted by atomic mass is 35.5. The lowest BCUT2D eigenvalue weighted by molar-refractivity contribution is -0.119. The lowest BCUT2D eigenvalue weighted by Crippen LogP contribution is -2.32. The van der Waals surface area contributed by atoms with Crippen LogP contribution in [0.2, 0.25) is 5.02 Å². The molecule has 32 heavy (non-hydrogen) atoms. The van der Waals surface area contributed by atoms with E-state index >= 15 is 0 Å². The molecule has 2 aromatic carbocycles. The quantitative estimate of drug-likeness (QED) is 0.580. The average molecular weight is 481 g/mol. The van der Waals surface area contributed by atoms with Crippen LogP contribution in [0.1, 0.15) is 41.6 Å². The van der Waals surface area contributed by atoms with E-state index in [1.807, 2.05) is 0 Å². The van der Waals surface area contributed by atoms with Crippen LogP contribution in [0.25, 0.3) is 0 Å². The lowest BCUT2D eigenvalue weighted by atomic mass is 10.2. The smallest absolute Gasteiger partial charge is 0.338 e. The van der Waals surface area contributed by atoms with Gasteiger partial charge in [-0.05, 0) is 48.7 Å². The van der Waals surface area contributed by atoms with Gasteiger partial charge in [-0.25, -0.2) is 13.2 Å². The molecule has 2 aromatic rings. The molecule has 10 heteroatoms. The van der Waals surface area contributed by atoms with Crippen molar-refractivity contribution in [1.82, 2.24) is 4.31 Å². The van der Waals surface area contributed by atoms with Gasteiger partial charge in [-0.15, -0.1) is 0 Å². The summed E-state index contributed by atoms with van der Waals surface area (Å²) in [5, 5.41) is 0.0603. The van der Waals surface area contributed by atoms with E-state index in [0.717, 1.165) is 25.7 Å². The van der Waals surface area contributed by atoms with Crippen LogP contribution in [0.5, 0.6) is 5.75 Å². The van der Waals surface area contributed by atoms with Gasteiger partial charge in [0.1, 0.15) is 17.3 Å². The van der Waals surface area contributed by atoms with Crippen LogP contribution in [-0.4, -0.2) is 44.3 Å². The summed E-state index contributed by atoms with van der Waals surface area (Å²) < 4.78 is 38.2. The molecule has 1 saturated heterocycles. The highest BCUT2D eigenvalue weighted by molar-refractivity contribution is 7.89. The van der Waals surface area contributed by atoms with Gasteiger partial charge >= 0.3 is 5.97 Å². The van der Waals surface area contributed by atoms with Gasteiger partial charge < -0.3 is 15.2 Å². The summed E-state index contributed by atoms with van der Waals surface area (Å²) in [5.41, 5.74) is 5.78. The van der Waals surface area contributed by atoms with Crippen molar-refractivity contribution < 1.29 is 27.5 Å². The van der Waals surface area contributed by atoms with Crippen molar-refractivity contribution in [1.29, 1.82) is 0 Å². The Kier molecular flexibility index (Phi) is 8.11. The summed E-state index contributed by atoms with van der Waals surface area (Å²) in [5.74, 6) is -0.873. The minimum atomic E-state index is -3.82. The zero-order chi connectivity index (χ0) is 23.1. The molecule has 1 amide bonds. The lowest BCUT2D eigenvalue weighted by Gasteiger charge is -2.21. The standard InChI is InChI=1S/C22H25ClN2O6S/c23-19-9-8-17(13-20(19)32(28,29)25-10-3-1-2-4-11-25)22(27)31-14-16-6-5-7-18(12-16)30-15-21(24)26/h5-9,12-13H,1-4,10-11,14-15H2,(H2,24,26). The summed E-state index contributed by atoms with van der Waals surface area (Å²) in [6.07, 6.45) is 3.56. The summed E-state index contributed by atoms with van der Waals surface area (Å²) in [6, 6.07) is 10.8. The molecule has 1 fully saturated rings. The Morgan fingerprint density at radius 1 is 1.03 bits per heavy atom. The molecule has 2 N–H and O–H groups in total. The largest absolute Gasteiger partial charge is 0.484 e. The first-order valence-electron chi connectivity index (χ1n) is 10.2. The predicted octanol–water partition coefficient (Wildman–Crippen LogP) is 3.13. The molecule has 0 saturated carbocycles. The number of amides is 1. The van der Waals surface area contributed by atoms with Crippen molar-refractivity contribution in [3.63, 3.8) is 0 Å². The number of primary amides is 1. The number of benzene rings is 2. The second-order valence-electron chi connectivity index (χ2n) is 7.44. The minimum Gasteiger partial charge on any atom is -0.484 e. The number of sulfonamides is 1. The van der Waals surface area contributed by atoms with E-state index in [-0.39, 0.29) is 28.7 Å². The highest BCUT2D eigenvalue weighted by Crippen LogP contribution is 2.28. The molecule has 0 unspecified atom stereocenters. The number of ether oxygens (including phenoxy) is 2. The van der Waals surface area contributed by atoms with Crippen molar-refractivity contribution in [2.75, 3.05) is 19.7 Å². The van der Waals surface area contributed by atoms with Gasteiger partial charge in [0.2, 0.25) is 10.0 Å². The first-order chi connectivity index (χ1) is 15.3. The molecule has 1 aliphatic rings. The molecule has 0 radical (unpaired) electrons. The molecule has 3 rings (SSSR count). The maximum Gasteiger partial charge on any atom is 0.338 e. The number of carbonyl (C=O) groups excluding carboxylic acids is 2. The van der Waals surface area contributed by atoms with Crippen LogP contribution in [0.15, 0.2) is 47.4 Å². The molecule has 172 valence electrons. The minimum absolute atomic E-state index is 0.0603. The second-order valence-corrected chi connectivity index (χ2v) is 9.76. The molecule has 0 spiro atoms. The molecule has 0 aromatic heterocycles. The van der Waals surface area contributed by atoms with Crippen molar-refractivity contribution in [3.8, 4) is 5.75 Å². The molecule has 8 nitrogen and oxygen atoms in total. The third kappa shape index (κ3) is 6.21. The van der Waals surface area contributed by atoms with Gasteiger partial charge in [0, 0.05) is 13.1 Å². The Labute approximate surface area is 192 Å². The van der Waals surface area contributed by atoms with E-state index in [1.165, 1.54) is 22.5 Å². The van der Waals surface area contributed by atoms with Crippen LogP contribution in [0, 0.1) is 0 Å². The van der Waals surface area contributed by atoms with Crippen LogP contribution in [-0.2, 0) is 26.2 Å². The summed E-state index contributed by atoms with van der Waals surface area (Å²) >= 11 is 6.18. The molecular formula is C22H25ClN2O6S. The number of nitrogens with two attached hydrogens (primary N) is 1. The summed E-state index contributed by atoms with van der Waals surface area (Å²) in [6.45, 7) is 0.536. The molecule has 0 atom stereocenters. The van der Waals surface area contributed by atoms with Gasteiger partial charge in [0.05, 0.1) is 10.6 Å². The average Bonchev–Trinajstić information content (AvgIpc) is 3.07. The van der Waals surface area contributed by atoms with E-state index < -0.39 is 21.9 Å². The van der Waals surface area contributed by atoms with E-state index in [4.69, 9.17) is 26.8 Å². The Hall–Kier alpha value is -2.62. The Bertz CT molecular complexity index is 1080. The molecule has 1 heterocycles. The molecule has 0 aliphatic carbocycles. The number of halogens is 1. The maximum absolute atomic E-state index is 13.1. The van der Waals surface area contributed by atoms with E-state index in [1.54, 1.807) is 24.3 Å². The van der Waals surface area contributed by atoms with Crippen molar-refractivity contribution in [3.05, 3.63) is 58.6 Å². The number of esters is 1. The van der Waals surface area contributed by atoms with E-state index in [2.05, 4.69) is 0 Å². The van der Waals surface area contributed by atoms with Gasteiger partial charge in [-0.1, -0.05) is 36.6 Å². The number of nitrogens with zero attached hydrogens (tertiary/aromatic N) is 1. The monoisotopic (exact) mass is 480 g/mol. The summed E-state index contributed by atoms with van der Waals surface area (Å²) in [7, 11) is -3.82. The first kappa shape index (κ1) is 24.0. The predicted molar refractivity (Wildman–Crippen MR) is 119 cm³/mol. The fraction of sp³-hybridized carbons (Fsp3) is 0.364. The zero-order valence-electron chi connectivity index (χ0n) is 17.5. The summed E-state index contributed by atoms with van der Waals surface area (Å²) in [4.78, 5) is 23.3. The number of carbonyl (C=O) groups is 2. The van der Waals surface area contributed by atoms with Gasteiger partial charge in [-0.3, -0.25) is 4.79 Å². The van der Waals surface area contributed by atoms with Gasteiger partial charge in [0.25, 0.3) is 5.91 Å². The Balaban J connectivity index is 1.71.